The first-order valence-corrected chi connectivity index (χ1v) is 6.52. The average Bonchev–Trinajstić information content (AvgIpc) is 2.67. The highest BCUT2D eigenvalue weighted by Crippen LogP contribution is 2.24. The van der Waals surface area contributed by atoms with Crippen LogP contribution in [0.5, 0.6) is 0 Å². The second kappa shape index (κ2) is 5.38. The van der Waals surface area contributed by atoms with Crippen molar-refractivity contribution in [2.45, 2.75) is 31.4 Å². The number of thioether (sulfide) groups is 1. The van der Waals surface area contributed by atoms with Crippen LogP contribution in [0.1, 0.15) is 22.6 Å². The van der Waals surface area contributed by atoms with Gasteiger partial charge in [0.25, 0.3) is 5.22 Å². The van der Waals surface area contributed by atoms with Crippen molar-refractivity contribution in [3.05, 3.63) is 46.8 Å². The SMILES string of the molecule is Cc1nc(SCc2cccc(CN)c2)oc1C. The molecule has 2 aromatic rings. The summed E-state index contributed by atoms with van der Waals surface area (Å²) in [5.41, 5.74) is 8.97. The quantitative estimate of drug-likeness (QED) is 0.845. The molecule has 3 nitrogen and oxygen atoms in total. The minimum atomic E-state index is 0.579. The summed E-state index contributed by atoms with van der Waals surface area (Å²) in [6.45, 7) is 4.47. The summed E-state index contributed by atoms with van der Waals surface area (Å²) in [6.07, 6.45) is 0. The molecule has 0 saturated carbocycles. The van der Waals surface area contributed by atoms with Crippen LogP contribution in [0.25, 0.3) is 0 Å². The molecule has 0 radical (unpaired) electrons. The van der Waals surface area contributed by atoms with Crippen molar-refractivity contribution in [3.63, 3.8) is 0 Å². The third kappa shape index (κ3) is 3.11. The Kier molecular flexibility index (Phi) is 3.86. The first kappa shape index (κ1) is 12.2. The zero-order valence-corrected chi connectivity index (χ0v) is 10.9. The van der Waals surface area contributed by atoms with Crippen molar-refractivity contribution in [2.24, 2.45) is 5.73 Å². The van der Waals surface area contributed by atoms with Crippen LogP contribution in [0.2, 0.25) is 0 Å². The molecule has 90 valence electrons. The lowest BCUT2D eigenvalue weighted by atomic mass is 10.1. The maximum atomic E-state index is 5.61. The van der Waals surface area contributed by atoms with Gasteiger partial charge in [-0.1, -0.05) is 36.0 Å². The van der Waals surface area contributed by atoms with Gasteiger partial charge in [0.15, 0.2) is 0 Å². The molecular weight excluding hydrogens is 232 g/mol. The van der Waals surface area contributed by atoms with Crippen LogP contribution in [0, 0.1) is 13.8 Å². The molecule has 0 aliphatic heterocycles. The minimum absolute atomic E-state index is 0.579. The van der Waals surface area contributed by atoms with E-state index in [1.165, 1.54) is 5.56 Å². The summed E-state index contributed by atoms with van der Waals surface area (Å²) >= 11 is 1.61. The molecule has 1 heterocycles. The molecule has 0 aliphatic rings. The van der Waals surface area contributed by atoms with Crippen LogP contribution < -0.4 is 5.73 Å². The van der Waals surface area contributed by atoms with Crippen molar-refractivity contribution in [3.8, 4) is 0 Å². The Bertz CT molecular complexity index is 488. The average molecular weight is 248 g/mol. The summed E-state index contributed by atoms with van der Waals surface area (Å²) in [5.74, 6) is 1.75. The van der Waals surface area contributed by atoms with Crippen molar-refractivity contribution in [1.29, 1.82) is 0 Å². The Labute approximate surface area is 105 Å². The summed E-state index contributed by atoms with van der Waals surface area (Å²) in [5, 5.41) is 0.734. The van der Waals surface area contributed by atoms with Crippen LogP contribution in [0.4, 0.5) is 0 Å². The molecular formula is C13H16N2OS. The second-order valence-corrected chi connectivity index (χ2v) is 4.86. The van der Waals surface area contributed by atoms with Crippen molar-refractivity contribution in [1.82, 2.24) is 4.98 Å². The number of oxazole rings is 1. The van der Waals surface area contributed by atoms with Gasteiger partial charge in [-0.15, -0.1) is 0 Å². The van der Waals surface area contributed by atoms with Gasteiger partial charge >= 0.3 is 0 Å². The maximum Gasteiger partial charge on any atom is 0.256 e. The van der Waals surface area contributed by atoms with Crippen LogP contribution in [-0.4, -0.2) is 4.98 Å². The summed E-state index contributed by atoms with van der Waals surface area (Å²) in [7, 11) is 0. The highest BCUT2D eigenvalue weighted by molar-refractivity contribution is 7.98. The molecule has 0 unspecified atom stereocenters. The van der Waals surface area contributed by atoms with E-state index in [0.29, 0.717) is 6.54 Å². The predicted octanol–water partition coefficient (Wildman–Crippen LogP) is 3.04. The molecule has 0 aliphatic carbocycles. The van der Waals surface area contributed by atoms with E-state index >= 15 is 0 Å². The molecule has 0 bridgehead atoms. The predicted molar refractivity (Wildman–Crippen MR) is 69.9 cm³/mol. The number of aryl methyl sites for hydroxylation is 2. The fraction of sp³-hybridized carbons (Fsp3) is 0.308. The largest absolute Gasteiger partial charge is 0.437 e. The van der Waals surface area contributed by atoms with E-state index in [4.69, 9.17) is 10.2 Å². The first-order chi connectivity index (χ1) is 8.19. The molecule has 0 fully saturated rings. The minimum Gasteiger partial charge on any atom is -0.437 e. The highest BCUT2D eigenvalue weighted by atomic mass is 32.2. The Hall–Kier alpha value is -1.26. The standard InChI is InChI=1S/C13H16N2OS/c1-9-10(2)16-13(15-9)17-8-12-5-3-4-11(6-12)7-14/h3-6H,7-8,14H2,1-2H3. The van der Waals surface area contributed by atoms with Crippen LogP contribution in [0.3, 0.4) is 0 Å². The summed E-state index contributed by atoms with van der Waals surface area (Å²) < 4.78 is 5.52. The number of rotatable bonds is 4. The van der Waals surface area contributed by atoms with E-state index in [1.54, 1.807) is 11.8 Å². The lowest BCUT2D eigenvalue weighted by Crippen LogP contribution is -1.96. The van der Waals surface area contributed by atoms with E-state index in [1.807, 2.05) is 26.0 Å². The normalized spacial score (nSPS) is 10.8. The van der Waals surface area contributed by atoms with Gasteiger partial charge in [-0.25, -0.2) is 4.98 Å². The van der Waals surface area contributed by atoms with Crippen molar-refractivity contribution >= 4 is 11.8 Å². The molecule has 0 atom stereocenters. The lowest BCUT2D eigenvalue weighted by Gasteiger charge is -2.01. The third-order valence-electron chi connectivity index (χ3n) is 2.60. The molecule has 2 N–H and O–H groups in total. The van der Waals surface area contributed by atoms with Gasteiger partial charge in [0, 0.05) is 12.3 Å². The molecule has 2 rings (SSSR count). The van der Waals surface area contributed by atoms with E-state index in [9.17, 15) is 0 Å². The van der Waals surface area contributed by atoms with E-state index in [-0.39, 0.29) is 0 Å². The molecule has 4 heteroatoms. The van der Waals surface area contributed by atoms with Crippen LogP contribution in [0.15, 0.2) is 33.9 Å². The Morgan fingerprint density at radius 3 is 2.71 bits per heavy atom. The number of hydrogen-bond donors (Lipinski definition) is 1. The molecule has 17 heavy (non-hydrogen) atoms. The molecule has 0 saturated heterocycles. The zero-order chi connectivity index (χ0) is 12.3. The van der Waals surface area contributed by atoms with Crippen LogP contribution >= 0.6 is 11.8 Å². The number of benzene rings is 1. The summed E-state index contributed by atoms with van der Waals surface area (Å²) in [6, 6.07) is 8.28. The molecule has 1 aromatic heterocycles. The van der Waals surface area contributed by atoms with Gasteiger partial charge < -0.3 is 10.2 Å². The lowest BCUT2D eigenvalue weighted by molar-refractivity contribution is 0.431. The Morgan fingerprint density at radius 1 is 1.29 bits per heavy atom. The fourth-order valence-corrected chi connectivity index (χ4v) is 2.35. The smallest absolute Gasteiger partial charge is 0.256 e. The van der Waals surface area contributed by atoms with Gasteiger partial charge in [0.1, 0.15) is 5.76 Å². The highest BCUT2D eigenvalue weighted by Gasteiger charge is 2.06. The Balaban J connectivity index is 2.01. The van der Waals surface area contributed by atoms with E-state index in [2.05, 4.69) is 17.1 Å². The van der Waals surface area contributed by atoms with E-state index < -0.39 is 0 Å². The Morgan fingerprint density at radius 2 is 2.06 bits per heavy atom. The van der Waals surface area contributed by atoms with Gasteiger partial charge in [0.2, 0.25) is 0 Å². The van der Waals surface area contributed by atoms with Gasteiger partial charge in [0.05, 0.1) is 5.69 Å². The number of aromatic nitrogens is 1. The third-order valence-corrected chi connectivity index (χ3v) is 3.50. The molecule has 0 amide bonds. The monoisotopic (exact) mass is 248 g/mol. The maximum absolute atomic E-state index is 5.61. The van der Waals surface area contributed by atoms with Crippen LogP contribution in [-0.2, 0) is 12.3 Å². The fourth-order valence-electron chi connectivity index (χ4n) is 1.50. The van der Waals surface area contributed by atoms with E-state index in [0.717, 1.165) is 28.0 Å². The summed E-state index contributed by atoms with van der Waals surface area (Å²) in [4.78, 5) is 4.34. The van der Waals surface area contributed by atoms with Gasteiger partial charge in [-0.2, -0.15) is 0 Å². The number of nitrogens with zero attached hydrogens (tertiary/aromatic N) is 1. The van der Waals surface area contributed by atoms with Gasteiger partial charge in [-0.3, -0.25) is 0 Å². The second-order valence-electron chi connectivity index (χ2n) is 3.93. The van der Waals surface area contributed by atoms with Crippen molar-refractivity contribution in [2.75, 3.05) is 0 Å². The van der Waals surface area contributed by atoms with Gasteiger partial charge in [-0.05, 0) is 25.0 Å². The number of nitrogens with two attached hydrogens (primary N) is 1. The first-order valence-electron chi connectivity index (χ1n) is 5.53. The topological polar surface area (TPSA) is 52.0 Å². The molecule has 1 aromatic carbocycles. The molecule has 0 spiro atoms. The zero-order valence-electron chi connectivity index (χ0n) is 10.1. The van der Waals surface area contributed by atoms with Crippen molar-refractivity contribution < 1.29 is 4.42 Å². The number of hydrogen-bond acceptors (Lipinski definition) is 4.